The van der Waals surface area contributed by atoms with Crippen molar-refractivity contribution in [2.24, 2.45) is 0 Å². The van der Waals surface area contributed by atoms with E-state index in [1.807, 2.05) is 60.7 Å². The van der Waals surface area contributed by atoms with Crippen LogP contribution >= 0.6 is 11.6 Å². The highest BCUT2D eigenvalue weighted by molar-refractivity contribution is 6.30. The van der Waals surface area contributed by atoms with E-state index in [0.717, 1.165) is 11.1 Å². The summed E-state index contributed by atoms with van der Waals surface area (Å²) < 4.78 is 0. The van der Waals surface area contributed by atoms with Gasteiger partial charge < -0.3 is 10.4 Å². The molecule has 0 saturated carbocycles. The molecule has 3 aromatic carbocycles. The lowest BCUT2D eigenvalue weighted by Crippen LogP contribution is -2.45. The van der Waals surface area contributed by atoms with Crippen LogP contribution in [0.3, 0.4) is 0 Å². The Kier molecular flexibility index (Phi) is 5.89. The van der Waals surface area contributed by atoms with Gasteiger partial charge >= 0.3 is 5.97 Å². The van der Waals surface area contributed by atoms with Crippen molar-refractivity contribution in [3.05, 3.63) is 107 Å². The normalized spacial score (nSPS) is 11.8. The second kappa shape index (κ2) is 8.52. The number of hydrogen-bond donors (Lipinski definition) is 2. The van der Waals surface area contributed by atoms with Gasteiger partial charge in [0.2, 0.25) is 0 Å². The molecule has 4 nitrogen and oxygen atoms in total. The Bertz CT molecular complexity index is 872. The van der Waals surface area contributed by atoms with Gasteiger partial charge in [-0.1, -0.05) is 72.3 Å². The van der Waals surface area contributed by atoms with Crippen molar-refractivity contribution in [2.45, 2.75) is 12.0 Å². The maximum Gasteiger partial charge on any atom is 0.327 e. The molecule has 0 fully saturated rings. The summed E-state index contributed by atoms with van der Waals surface area (Å²) in [4.78, 5) is 24.7. The van der Waals surface area contributed by atoms with Crippen LogP contribution in [0.2, 0.25) is 5.02 Å². The van der Waals surface area contributed by atoms with E-state index in [-0.39, 0.29) is 0 Å². The number of carboxylic acids is 1. The summed E-state index contributed by atoms with van der Waals surface area (Å²) in [5.41, 5.74) is 1.98. The van der Waals surface area contributed by atoms with Crippen molar-refractivity contribution in [2.75, 3.05) is 0 Å². The Labute approximate surface area is 162 Å². The fraction of sp³-hybridized carbons (Fsp3) is 0.0909. The third kappa shape index (κ3) is 4.54. The van der Waals surface area contributed by atoms with Crippen LogP contribution in [0.25, 0.3) is 0 Å². The molecule has 0 spiro atoms. The van der Waals surface area contributed by atoms with Crippen molar-refractivity contribution in [3.8, 4) is 0 Å². The Morgan fingerprint density at radius 2 is 1.26 bits per heavy atom. The summed E-state index contributed by atoms with van der Waals surface area (Å²) in [5.74, 6) is -2.09. The molecular formula is C22H18ClNO3. The van der Waals surface area contributed by atoms with Crippen LogP contribution in [0, 0.1) is 0 Å². The molecule has 0 aromatic heterocycles. The van der Waals surface area contributed by atoms with E-state index in [9.17, 15) is 14.7 Å². The predicted octanol–water partition coefficient (Wildman–Crippen LogP) is 4.36. The molecule has 0 unspecified atom stereocenters. The molecule has 0 aliphatic carbocycles. The van der Waals surface area contributed by atoms with Gasteiger partial charge in [-0.3, -0.25) is 4.79 Å². The zero-order valence-electron chi connectivity index (χ0n) is 14.4. The monoisotopic (exact) mass is 379 g/mol. The second-order valence-corrected chi connectivity index (χ2v) is 6.53. The molecule has 3 rings (SSSR count). The number of hydrogen-bond acceptors (Lipinski definition) is 2. The lowest BCUT2D eigenvalue weighted by molar-refractivity contribution is -0.139. The first-order chi connectivity index (χ1) is 13.1. The topological polar surface area (TPSA) is 66.4 Å². The van der Waals surface area contributed by atoms with Gasteiger partial charge in [0.05, 0.1) is 0 Å². The molecule has 5 heteroatoms. The van der Waals surface area contributed by atoms with Gasteiger partial charge in [-0.05, 0) is 35.4 Å². The first-order valence-corrected chi connectivity index (χ1v) is 8.83. The molecule has 0 radical (unpaired) electrons. The Hall–Kier alpha value is -3.11. The molecule has 0 bridgehead atoms. The summed E-state index contributed by atoms with van der Waals surface area (Å²) in [7, 11) is 0. The van der Waals surface area contributed by atoms with Gasteiger partial charge in [-0.25, -0.2) is 4.79 Å². The van der Waals surface area contributed by atoms with Crippen molar-refractivity contribution in [3.63, 3.8) is 0 Å². The maximum absolute atomic E-state index is 12.6. The number of carbonyl (C=O) groups is 2. The van der Waals surface area contributed by atoms with E-state index in [2.05, 4.69) is 5.32 Å². The van der Waals surface area contributed by atoms with Gasteiger partial charge in [0.25, 0.3) is 5.91 Å². The van der Waals surface area contributed by atoms with Crippen molar-refractivity contribution >= 4 is 23.5 Å². The van der Waals surface area contributed by atoms with Crippen molar-refractivity contribution in [1.82, 2.24) is 5.32 Å². The average molecular weight is 380 g/mol. The van der Waals surface area contributed by atoms with Crippen molar-refractivity contribution in [1.29, 1.82) is 0 Å². The highest BCUT2D eigenvalue weighted by Crippen LogP contribution is 2.28. The molecule has 136 valence electrons. The summed E-state index contributed by atoms with van der Waals surface area (Å²) in [6.07, 6.45) is 0. The van der Waals surface area contributed by atoms with Crippen LogP contribution in [-0.4, -0.2) is 23.0 Å². The molecular weight excluding hydrogens is 362 g/mol. The molecule has 0 saturated heterocycles. The van der Waals surface area contributed by atoms with Gasteiger partial charge in [-0.15, -0.1) is 0 Å². The summed E-state index contributed by atoms with van der Waals surface area (Å²) in [5, 5.41) is 13.0. The van der Waals surface area contributed by atoms with Crippen LogP contribution in [0.15, 0.2) is 84.9 Å². The van der Waals surface area contributed by atoms with Gasteiger partial charge in [-0.2, -0.15) is 0 Å². The average Bonchev–Trinajstić information content (AvgIpc) is 2.69. The van der Waals surface area contributed by atoms with Crippen LogP contribution in [0.5, 0.6) is 0 Å². The molecule has 1 atom stereocenters. The van der Waals surface area contributed by atoms with Crippen LogP contribution in [0.1, 0.15) is 27.4 Å². The van der Waals surface area contributed by atoms with E-state index < -0.39 is 23.8 Å². The third-order valence-electron chi connectivity index (χ3n) is 4.31. The second-order valence-electron chi connectivity index (χ2n) is 6.10. The SMILES string of the molecule is O=C(N[C@@H](C(=O)O)C(c1ccccc1)c1ccccc1)c1ccc(Cl)cc1. The Morgan fingerprint density at radius 1 is 0.778 bits per heavy atom. The van der Waals surface area contributed by atoms with Crippen LogP contribution < -0.4 is 5.32 Å². The van der Waals surface area contributed by atoms with Crippen LogP contribution in [-0.2, 0) is 4.79 Å². The molecule has 3 aromatic rings. The maximum atomic E-state index is 12.6. The highest BCUT2D eigenvalue weighted by atomic mass is 35.5. The Morgan fingerprint density at radius 3 is 1.70 bits per heavy atom. The predicted molar refractivity (Wildman–Crippen MR) is 105 cm³/mol. The summed E-state index contributed by atoms with van der Waals surface area (Å²) >= 11 is 5.86. The lowest BCUT2D eigenvalue weighted by Gasteiger charge is -2.26. The molecule has 2 N–H and O–H groups in total. The Balaban J connectivity index is 1.97. The lowest BCUT2D eigenvalue weighted by atomic mass is 9.85. The molecule has 1 amide bonds. The number of aliphatic carboxylic acids is 1. The van der Waals surface area contributed by atoms with Gasteiger partial charge in [0.1, 0.15) is 6.04 Å². The van der Waals surface area contributed by atoms with E-state index in [1.54, 1.807) is 24.3 Å². The third-order valence-corrected chi connectivity index (χ3v) is 4.56. The molecule has 0 aliphatic heterocycles. The van der Waals surface area contributed by atoms with Crippen molar-refractivity contribution < 1.29 is 14.7 Å². The zero-order chi connectivity index (χ0) is 19.2. The van der Waals surface area contributed by atoms with E-state index in [4.69, 9.17) is 11.6 Å². The highest BCUT2D eigenvalue weighted by Gasteiger charge is 2.32. The van der Waals surface area contributed by atoms with Crippen LogP contribution in [0.4, 0.5) is 0 Å². The summed E-state index contributed by atoms with van der Waals surface area (Å²) in [6.45, 7) is 0. The van der Waals surface area contributed by atoms with E-state index in [0.29, 0.717) is 10.6 Å². The van der Waals surface area contributed by atoms with Gasteiger partial charge in [0.15, 0.2) is 0 Å². The summed E-state index contributed by atoms with van der Waals surface area (Å²) in [6, 6.07) is 23.8. The number of carboxylic acid groups (broad SMARTS) is 1. The first kappa shape index (κ1) is 18.7. The fourth-order valence-corrected chi connectivity index (χ4v) is 3.14. The van der Waals surface area contributed by atoms with E-state index >= 15 is 0 Å². The minimum atomic E-state index is -1.13. The number of carbonyl (C=O) groups excluding carboxylic acids is 1. The minimum absolute atomic E-state index is 0.352. The molecule has 27 heavy (non-hydrogen) atoms. The number of halogens is 1. The largest absolute Gasteiger partial charge is 0.480 e. The number of nitrogens with one attached hydrogen (secondary N) is 1. The quantitative estimate of drug-likeness (QED) is 0.669. The number of rotatable bonds is 6. The standard InChI is InChI=1S/C22H18ClNO3/c23-18-13-11-17(12-14-18)21(25)24-20(22(26)27)19(15-7-3-1-4-8-15)16-9-5-2-6-10-16/h1-14,19-20H,(H,24,25)(H,26,27)/t20-/m1/s1. The smallest absolute Gasteiger partial charge is 0.327 e. The van der Waals surface area contributed by atoms with Gasteiger partial charge in [0, 0.05) is 16.5 Å². The fourth-order valence-electron chi connectivity index (χ4n) is 3.01. The zero-order valence-corrected chi connectivity index (χ0v) is 15.1. The first-order valence-electron chi connectivity index (χ1n) is 8.45. The molecule has 0 heterocycles. The number of benzene rings is 3. The molecule has 0 aliphatic rings. The van der Waals surface area contributed by atoms with E-state index in [1.165, 1.54) is 0 Å². The number of amides is 1. The minimum Gasteiger partial charge on any atom is -0.480 e.